The zero-order valence-electron chi connectivity index (χ0n) is 8.27. The van der Waals surface area contributed by atoms with Crippen LogP contribution in [0.25, 0.3) is 0 Å². The summed E-state index contributed by atoms with van der Waals surface area (Å²) in [4.78, 5) is 11.4. The Morgan fingerprint density at radius 3 is 2.08 bits per heavy atom. The topological polar surface area (TPSA) is 43.1 Å². The van der Waals surface area contributed by atoms with Gasteiger partial charge in [-0.05, 0) is 12.5 Å². The molecule has 68 valence electrons. The zero-order chi connectivity index (χ0) is 9.94. The quantitative estimate of drug-likeness (QED) is 0.505. The van der Waals surface area contributed by atoms with Crippen LogP contribution in [0.2, 0.25) is 0 Å². The maximum absolute atomic E-state index is 11.4. The maximum atomic E-state index is 11.4. The summed E-state index contributed by atoms with van der Waals surface area (Å²) < 4.78 is 0. The third-order valence-corrected chi connectivity index (χ3v) is 1.52. The van der Waals surface area contributed by atoms with Gasteiger partial charge < -0.3 is 5.73 Å². The Bertz CT molecular complexity index is 231. The summed E-state index contributed by atoms with van der Waals surface area (Å²) in [5, 5.41) is 0. The van der Waals surface area contributed by atoms with E-state index >= 15 is 0 Å². The predicted molar refractivity (Wildman–Crippen MR) is 51.5 cm³/mol. The standard InChI is InChI=1S/C10H17NO/c1-7(2)8(11)6-9(12)10(3,4)5/h6H,1,11H2,2-5H3/b8-6-. The first-order valence-electron chi connectivity index (χ1n) is 3.92. The van der Waals surface area contributed by atoms with E-state index in [2.05, 4.69) is 6.58 Å². The van der Waals surface area contributed by atoms with Crippen LogP contribution in [-0.2, 0) is 4.79 Å². The predicted octanol–water partition coefficient (Wildman–Crippen LogP) is 2.02. The number of hydrogen-bond acceptors (Lipinski definition) is 2. The summed E-state index contributed by atoms with van der Waals surface area (Å²) in [5.74, 6) is 0.0306. The average molecular weight is 167 g/mol. The molecule has 0 aliphatic rings. The van der Waals surface area contributed by atoms with Crippen molar-refractivity contribution in [3.8, 4) is 0 Å². The summed E-state index contributed by atoms with van der Waals surface area (Å²) in [7, 11) is 0. The van der Waals surface area contributed by atoms with Gasteiger partial charge in [0, 0.05) is 17.2 Å². The lowest BCUT2D eigenvalue weighted by Gasteiger charge is -2.13. The fourth-order valence-corrected chi connectivity index (χ4v) is 0.481. The molecule has 0 unspecified atom stereocenters. The lowest BCUT2D eigenvalue weighted by atomic mass is 9.90. The molecule has 0 aliphatic carbocycles. The van der Waals surface area contributed by atoms with Crippen molar-refractivity contribution in [3.63, 3.8) is 0 Å². The highest BCUT2D eigenvalue weighted by Crippen LogP contribution is 2.16. The number of hydrogen-bond donors (Lipinski definition) is 1. The van der Waals surface area contributed by atoms with Crippen molar-refractivity contribution in [3.05, 3.63) is 23.9 Å². The molecule has 0 heterocycles. The van der Waals surface area contributed by atoms with Crippen LogP contribution in [-0.4, -0.2) is 5.78 Å². The van der Waals surface area contributed by atoms with E-state index in [0.29, 0.717) is 5.70 Å². The van der Waals surface area contributed by atoms with Crippen molar-refractivity contribution < 1.29 is 4.79 Å². The molecule has 0 aromatic carbocycles. The lowest BCUT2D eigenvalue weighted by Crippen LogP contribution is -2.19. The van der Waals surface area contributed by atoms with Gasteiger partial charge in [-0.3, -0.25) is 4.79 Å². The Kier molecular flexibility index (Phi) is 3.25. The number of carbonyl (C=O) groups excluding carboxylic acids is 1. The Labute approximate surface area is 74.1 Å². The fourth-order valence-electron chi connectivity index (χ4n) is 0.481. The molecule has 0 aromatic rings. The molecular formula is C10H17NO. The molecule has 0 rings (SSSR count). The molecule has 2 N–H and O–H groups in total. The van der Waals surface area contributed by atoms with Gasteiger partial charge in [0.05, 0.1) is 0 Å². The Hall–Kier alpha value is -1.05. The van der Waals surface area contributed by atoms with Crippen molar-refractivity contribution in [1.29, 1.82) is 0 Å². The van der Waals surface area contributed by atoms with E-state index in [-0.39, 0.29) is 11.2 Å². The summed E-state index contributed by atoms with van der Waals surface area (Å²) >= 11 is 0. The molecular weight excluding hydrogens is 150 g/mol. The van der Waals surface area contributed by atoms with Crippen molar-refractivity contribution >= 4 is 5.78 Å². The number of carbonyl (C=O) groups is 1. The minimum Gasteiger partial charge on any atom is -0.398 e. The number of allylic oxidation sites excluding steroid dienone is 2. The van der Waals surface area contributed by atoms with Crippen LogP contribution in [0.3, 0.4) is 0 Å². The molecule has 0 aliphatic heterocycles. The van der Waals surface area contributed by atoms with Crippen LogP contribution in [0.1, 0.15) is 27.7 Å². The Morgan fingerprint density at radius 2 is 1.83 bits per heavy atom. The van der Waals surface area contributed by atoms with E-state index in [1.54, 1.807) is 6.92 Å². The smallest absolute Gasteiger partial charge is 0.163 e. The molecule has 0 bridgehead atoms. The number of ketones is 1. The van der Waals surface area contributed by atoms with Gasteiger partial charge in [0.1, 0.15) is 0 Å². The molecule has 0 saturated heterocycles. The first-order chi connectivity index (χ1) is 5.25. The van der Waals surface area contributed by atoms with E-state index in [9.17, 15) is 4.79 Å². The first-order valence-corrected chi connectivity index (χ1v) is 3.92. The maximum Gasteiger partial charge on any atom is 0.163 e. The van der Waals surface area contributed by atoms with Crippen molar-refractivity contribution in [2.45, 2.75) is 27.7 Å². The SMILES string of the molecule is C=C(C)/C(N)=C/C(=O)C(C)(C)C. The second kappa shape index (κ2) is 3.57. The molecule has 12 heavy (non-hydrogen) atoms. The lowest BCUT2D eigenvalue weighted by molar-refractivity contribution is -0.121. The molecule has 0 spiro atoms. The molecule has 0 radical (unpaired) electrons. The zero-order valence-corrected chi connectivity index (χ0v) is 8.27. The van der Waals surface area contributed by atoms with Gasteiger partial charge >= 0.3 is 0 Å². The summed E-state index contributed by atoms with van der Waals surface area (Å²) in [6, 6.07) is 0. The van der Waals surface area contributed by atoms with Gasteiger partial charge in [0.2, 0.25) is 0 Å². The van der Waals surface area contributed by atoms with Crippen molar-refractivity contribution in [2.24, 2.45) is 11.1 Å². The highest BCUT2D eigenvalue weighted by atomic mass is 16.1. The van der Waals surface area contributed by atoms with Gasteiger partial charge in [-0.1, -0.05) is 27.4 Å². The van der Waals surface area contributed by atoms with Crippen LogP contribution >= 0.6 is 0 Å². The minimum atomic E-state index is -0.361. The molecule has 2 heteroatoms. The highest BCUT2D eigenvalue weighted by molar-refractivity contribution is 5.94. The second-order valence-corrected chi connectivity index (χ2v) is 3.99. The van der Waals surface area contributed by atoms with E-state index in [1.807, 2.05) is 20.8 Å². The summed E-state index contributed by atoms with van der Waals surface area (Å²) in [5.41, 5.74) is 6.39. The van der Waals surface area contributed by atoms with Crippen LogP contribution in [0.15, 0.2) is 23.9 Å². The normalized spacial score (nSPS) is 12.8. The minimum absolute atomic E-state index is 0.0306. The van der Waals surface area contributed by atoms with Gasteiger partial charge in [0.25, 0.3) is 0 Å². The third kappa shape index (κ3) is 3.37. The van der Waals surface area contributed by atoms with Gasteiger partial charge in [0.15, 0.2) is 5.78 Å². The Morgan fingerprint density at radius 1 is 1.42 bits per heavy atom. The van der Waals surface area contributed by atoms with Crippen LogP contribution in [0.4, 0.5) is 0 Å². The summed E-state index contributed by atoms with van der Waals surface area (Å²) in [6.45, 7) is 11.0. The third-order valence-electron chi connectivity index (χ3n) is 1.52. The average Bonchev–Trinajstić information content (AvgIpc) is 1.85. The first kappa shape index (κ1) is 11.0. The van der Waals surface area contributed by atoms with Crippen molar-refractivity contribution in [2.75, 3.05) is 0 Å². The molecule has 2 nitrogen and oxygen atoms in total. The molecule has 0 amide bonds. The van der Waals surface area contributed by atoms with E-state index in [1.165, 1.54) is 6.08 Å². The number of rotatable bonds is 2. The highest BCUT2D eigenvalue weighted by Gasteiger charge is 2.18. The fraction of sp³-hybridized carbons (Fsp3) is 0.500. The van der Waals surface area contributed by atoms with Gasteiger partial charge in [-0.2, -0.15) is 0 Å². The summed E-state index contributed by atoms with van der Waals surface area (Å²) in [6.07, 6.45) is 1.45. The molecule has 0 fully saturated rings. The molecule has 0 aromatic heterocycles. The van der Waals surface area contributed by atoms with Crippen LogP contribution in [0, 0.1) is 5.41 Å². The van der Waals surface area contributed by atoms with Gasteiger partial charge in [-0.25, -0.2) is 0 Å². The Balaban J connectivity index is 4.57. The van der Waals surface area contributed by atoms with Crippen molar-refractivity contribution in [1.82, 2.24) is 0 Å². The molecule has 0 saturated carbocycles. The number of nitrogens with two attached hydrogens (primary N) is 1. The second-order valence-electron chi connectivity index (χ2n) is 3.99. The van der Waals surface area contributed by atoms with E-state index < -0.39 is 0 Å². The van der Waals surface area contributed by atoms with Crippen LogP contribution < -0.4 is 5.73 Å². The molecule has 0 atom stereocenters. The van der Waals surface area contributed by atoms with Gasteiger partial charge in [-0.15, -0.1) is 0 Å². The largest absolute Gasteiger partial charge is 0.398 e. The van der Waals surface area contributed by atoms with E-state index in [0.717, 1.165) is 5.57 Å². The van der Waals surface area contributed by atoms with Crippen LogP contribution in [0.5, 0.6) is 0 Å². The monoisotopic (exact) mass is 167 g/mol. The van der Waals surface area contributed by atoms with E-state index in [4.69, 9.17) is 5.73 Å².